The highest BCUT2D eigenvalue weighted by molar-refractivity contribution is 7.98. The molecule has 0 atom stereocenters. The lowest BCUT2D eigenvalue weighted by Crippen LogP contribution is -1.99. The summed E-state index contributed by atoms with van der Waals surface area (Å²) in [6.07, 6.45) is 0. The second kappa shape index (κ2) is 5.56. The van der Waals surface area contributed by atoms with Crippen molar-refractivity contribution in [3.8, 4) is 0 Å². The molecular weight excluding hydrogens is 254 g/mol. The first-order chi connectivity index (χ1) is 8.20. The fourth-order valence-electron chi connectivity index (χ4n) is 1.61. The van der Waals surface area contributed by atoms with E-state index in [1.807, 2.05) is 25.1 Å². The number of rotatable bonds is 4. The quantitative estimate of drug-likeness (QED) is 0.794. The summed E-state index contributed by atoms with van der Waals surface area (Å²) in [7, 11) is 0. The Morgan fingerprint density at radius 3 is 2.88 bits per heavy atom. The third-order valence-electron chi connectivity index (χ3n) is 2.47. The Balaban J connectivity index is 2.07. The third kappa shape index (κ3) is 3.01. The van der Waals surface area contributed by atoms with Crippen molar-refractivity contribution in [2.24, 2.45) is 0 Å². The molecule has 0 amide bonds. The Hall–Kier alpha value is -1.00. The number of thioether (sulfide) groups is 1. The fourth-order valence-corrected chi connectivity index (χ4v) is 2.81. The molecule has 1 aromatic heterocycles. The van der Waals surface area contributed by atoms with Crippen LogP contribution in [0.1, 0.15) is 18.3 Å². The lowest BCUT2D eigenvalue weighted by Gasteiger charge is -2.04. The second-order valence-electron chi connectivity index (χ2n) is 3.69. The van der Waals surface area contributed by atoms with Gasteiger partial charge in [0.2, 0.25) is 0 Å². The van der Waals surface area contributed by atoms with Crippen molar-refractivity contribution in [1.82, 2.24) is 14.8 Å². The summed E-state index contributed by atoms with van der Waals surface area (Å²) in [5, 5.41) is 9.99. The Kier molecular flexibility index (Phi) is 4.07. The van der Waals surface area contributed by atoms with Crippen LogP contribution >= 0.6 is 23.4 Å². The summed E-state index contributed by atoms with van der Waals surface area (Å²) in [4.78, 5) is 0. The van der Waals surface area contributed by atoms with Gasteiger partial charge >= 0.3 is 0 Å². The lowest BCUT2D eigenvalue weighted by atomic mass is 10.2. The molecule has 1 heterocycles. The first-order valence-electron chi connectivity index (χ1n) is 5.47. The van der Waals surface area contributed by atoms with Gasteiger partial charge in [0.1, 0.15) is 5.82 Å². The van der Waals surface area contributed by atoms with E-state index in [4.69, 9.17) is 11.6 Å². The van der Waals surface area contributed by atoms with Gasteiger partial charge in [-0.25, -0.2) is 0 Å². The molecule has 0 aliphatic heterocycles. The van der Waals surface area contributed by atoms with Gasteiger partial charge in [-0.3, -0.25) is 0 Å². The summed E-state index contributed by atoms with van der Waals surface area (Å²) in [6.45, 7) is 4.97. The van der Waals surface area contributed by atoms with E-state index in [2.05, 4.69) is 27.8 Å². The van der Waals surface area contributed by atoms with E-state index in [-0.39, 0.29) is 0 Å². The van der Waals surface area contributed by atoms with Gasteiger partial charge in [-0.1, -0.05) is 35.5 Å². The number of aromatic nitrogens is 3. The Morgan fingerprint density at radius 2 is 2.18 bits per heavy atom. The van der Waals surface area contributed by atoms with Crippen LogP contribution < -0.4 is 0 Å². The Labute approximate surface area is 110 Å². The van der Waals surface area contributed by atoms with E-state index >= 15 is 0 Å². The van der Waals surface area contributed by atoms with Crippen LogP contribution in [-0.4, -0.2) is 14.8 Å². The van der Waals surface area contributed by atoms with Crippen LogP contribution in [0.2, 0.25) is 5.02 Å². The highest BCUT2D eigenvalue weighted by Gasteiger charge is 2.07. The van der Waals surface area contributed by atoms with Gasteiger partial charge in [0.05, 0.1) is 0 Å². The molecule has 3 nitrogen and oxygen atoms in total. The maximum absolute atomic E-state index is 5.95. The molecule has 0 aliphatic rings. The molecule has 0 saturated heterocycles. The topological polar surface area (TPSA) is 30.7 Å². The zero-order valence-electron chi connectivity index (χ0n) is 9.85. The molecular formula is C12H14ClN3S. The number of benzene rings is 1. The van der Waals surface area contributed by atoms with Crippen LogP contribution in [0.4, 0.5) is 0 Å². The van der Waals surface area contributed by atoms with E-state index < -0.39 is 0 Å². The zero-order chi connectivity index (χ0) is 12.3. The molecule has 0 N–H and O–H groups in total. The van der Waals surface area contributed by atoms with E-state index in [1.54, 1.807) is 11.8 Å². The van der Waals surface area contributed by atoms with Gasteiger partial charge in [0.25, 0.3) is 0 Å². The molecule has 0 unspecified atom stereocenters. The first-order valence-corrected chi connectivity index (χ1v) is 6.84. The number of nitrogens with zero attached hydrogens (tertiary/aromatic N) is 3. The van der Waals surface area contributed by atoms with Crippen molar-refractivity contribution in [1.29, 1.82) is 0 Å². The molecule has 2 rings (SSSR count). The summed E-state index contributed by atoms with van der Waals surface area (Å²) < 4.78 is 2.11. The third-order valence-corrected chi connectivity index (χ3v) is 3.75. The molecule has 0 bridgehead atoms. The zero-order valence-corrected chi connectivity index (χ0v) is 11.4. The summed E-state index contributed by atoms with van der Waals surface area (Å²) >= 11 is 7.63. The van der Waals surface area contributed by atoms with E-state index in [9.17, 15) is 0 Å². The number of aryl methyl sites for hydroxylation is 1. The minimum absolute atomic E-state index is 0.774. The number of hydrogen-bond donors (Lipinski definition) is 0. The monoisotopic (exact) mass is 267 g/mol. The molecule has 0 saturated carbocycles. The second-order valence-corrected chi connectivity index (χ2v) is 5.07. The summed E-state index contributed by atoms with van der Waals surface area (Å²) in [5.41, 5.74) is 1.20. The number of hydrogen-bond acceptors (Lipinski definition) is 3. The molecule has 0 radical (unpaired) electrons. The lowest BCUT2D eigenvalue weighted by molar-refractivity contribution is 0.662. The minimum atomic E-state index is 0.774. The Morgan fingerprint density at radius 1 is 1.35 bits per heavy atom. The molecule has 5 heteroatoms. The van der Waals surface area contributed by atoms with Crippen LogP contribution in [0.3, 0.4) is 0 Å². The smallest absolute Gasteiger partial charge is 0.191 e. The van der Waals surface area contributed by atoms with Gasteiger partial charge in [-0.15, -0.1) is 10.2 Å². The molecule has 2 aromatic rings. The summed E-state index contributed by atoms with van der Waals surface area (Å²) in [6, 6.07) is 7.90. The van der Waals surface area contributed by atoms with Gasteiger partial charge in [0.15, 0.2) is 5.16 Å². The van der Waals surface area contributed by atoms with Crippen LogP contribution in [-0.2, 0) is 12.3 Å². The average Bonchev–Trinajstić information content (AvgIpc) is 2.67. The van der Waals surface area contributed by atoms with Crippen molar-refractivity contribution < 1.29 is 0 Å². The van der Waals surface area contributed by atoms with Gasteiger partial charge < -0.3 is 4.57 Å². The van der Waals surface area contributed by atoms with Crippen LogP contribution in [0, 0.1) is 6.92 Å². The highest BCUT2D eigenvalue weighted by Crippen LogP contribution is 2.23. The van der Waals surface area contributed by atoms with Crippen molar-refractivity contribution in [2.75, 3.05) is 0 Å². The minimum Gasteiger partial charge on any atom is -0.307 e. The molecule has 17 heavy (non-hydrogen) atoms. The molecule has 1 aromatic carbocycles. The van der Waals surface area contributed by atoms with E-state index in [0.717, 1.165) is 28.3 Å². The molecule has 0 aliphatic carbocycles. The van der Waals surface area contributed by atoms with Gasteiger partial charge in [0, 0.05) is 17.3 Å². The fraction of sp³-hybridized carbons (Fsp3) is 0.333. The standard InChI is InChI=1S/C12H14ClN3S/c1-3-16-9(2)14-15-12(16)17-8-10-5-4-6-11(13)7-10/h4-7H,3,8H2,1-2H3. The van der Waals surface area contributed by atoms with Crippen LogP contribution in [0.25, 0.3) is 0 Å². The van der Waals surface area contributed by atoms with Crippen molar-refractivity contribution >= 4 is 23.4 Å². The van der Waals surface area contributed by atoms with Crippen LogP contribution in [0.5, 0.6) is 0 Å². The normalized spacial score (nSPS) is 10.8. The molecule has 0 fully saturated rings. The predicted octanol–water partition coefficient (Wildman–Crippen LogP) is 3.55. The molecule has 0 spiro atoms. The predicted molar refractivity (Wildman–Crippen MR) is 71.4 cm³/mol. The average molecular weight is 268 g/mol. The Bertz CT molecular complexity index is 510. The van der Waals surface area contributed by atoms with E-state index in [1.165, 1.54) is 5.56 Å². The first kappa shape index (κ1) is 12.5. The summed E-state index contributed by atoms with van der Waals surface area (Å²) in [5.74, 6) is 1.82. The van der Waals surface area contributed by atoms with E-state index in [0.29, 0.717) is 0 Å². The molecule has 90 valence electrons. The van der Waals surface area contributed by atoms with Gasteiger partial charge in [-0.2, -0.15) is 0 Å². The number of halogens is 1. The van der Waals surface area contributed by atoms with Crippen LogP contribution in [0.15, 0.2) is 29.4 Å². The van der Waals surface area contributed by atoms with Gasteiger partial charge in [-0.05, 0) is 31.5 Å². The van der Waals surface area contributed by atoms with Crippen molar-refractivity contribution in [3.05, 3.63) is 40.7 Å². The maximum Gasteiger partial charge on any atom is 0.191 e. The SMILES string of the molecule is CCn1c(C)nnc1SCc1cccc(Cl)c1. The highest BCUT2D eigenvalue weighted by atomic mass is 35.5. The van der Waals surface area contributed by atoms with Crippen molar-refractivity contribution in [2.45, 2.75) is 31.3 Å². The maximum atomic E-state index is 5.95. The largest absolute Gasteiger partial charge is 0.307 e. The van der Waals surface area contributed by atoms with Crippen molar-refractivity contribution in [3.63, 3.8) is 0 Å².